The molecular formula is C10H15Cl2NOS2. The summed E-state index contributed by atoms with van der Waals surface area (Å²) in [7, 11) is -0.788. The third kappa shape index (κ3) is 4.34. The number of nitrogens with one attached hydrogen (secondary N) is 1. The van der Waals surface area contributed by atoms with Crippen LogP contribution in [0.15, 0.2) is 6.07 Å². The highest BCUT2D eigenvalue weighted by molar-refractivity contribution is 7.84. The maximum atomic E-state index is 11.1. The summed E-state index contributed by atoms with van der Waals surface area (Å²) >= 11 is 13.3. The van der Waals surface area contributed by atoms with Gasteiger partial charge in [-0.15, -0.1) is 11.3 Å². The molecule has 1 rings (SSSR count). The highest BCUT2D eigenvalue weighted by Crippen LogP contribution is 2.34. The van der Waals surface area contributed by atoms with Crippen molar-refractivity contribution in [3.63, 3.8) is 0 Å². The van der Waals surface area contributed by atoms with E-state index in [-0.39, 0.29) is 12.1 Å². The average molecular weight is 300 g/mol. The Kier molecular flexibility index (Phi) is 5.74. The molecule has 0 aliphatic rings. The van der Waals surface area contributed by atoms with Crippen molar-refractivity contribution < 1.29 is 4.21 Å². The van der Waals surface area contributed by atoms with E-state index in [1.54, 1.807) is 6.26 Å². The molecule has 16 heavy (non-hydrogen) atoms. The Balaban J connectivity index is 2.61. The van der Waals surface area contributed by atoms with Crippen LogP contribution < -0.4 is 5.32 Å². The van der Waals surface area contributed by atoms with E-state index >= 15 is 0 Å². The summed E-state index contributed by atoms with van der Waals surface area (Å²) < 4.78 is 12.5. The topological polar surface area (TPSA) is 29.1 Å². The van der Waals surface area contributed by atoms with Crippen molar-refractivity contribution >= 4 is 45.3 Å². The minimum absolute atomic E-state index is 0.120. The molecule has 0 saturated heterocycles. The van der Waals surface area contributed by atoms with Crippen molar-refractivity contribution in [2.24, 2.45) is 0 Å². The van der Waals surface area contributed by atoms with E-state index in [4.69, 9.17) is 23.2 Å². The predicted octanol–water partition coefficient (Wildman–Crippen LogP) is 3.47. The molecule has 1 N–H and O–H groups in total. The van der Waals surface area contributed by atoms with E-state index in [1.807, 2.05) is 19.9 Å². The molecule has 2 nitrogen and oxygen atoms in total. The Labute approximate surface area is 113 Å². The van der Waals surface area contributed by atoms with E-state index in [9.17, 15) is 4.21 Å². The van der Waals surface area contributed by atoms with Crippen molar-refractivity contribution in [1.82, 2.24) is 5.32 Å². The summed E-state index contributed by atoms with van der Waals surface area (Å²) in [5.41, 5.74) is 1.01. The van der Waals surface area contributed by atoms with E-state index in [1.165, 1.54) is 11.3 Å². The predicted molar refractivity (Wildman–Crippen MR) is 74.3 cm³/mol. The van der Waals surface area contributed by atoms with Gasteiger partial charge in [0.25, 0.3) is 0 Å². The second-order valence-electron chi connectivity index (χ2n) is 3.81. The zero-order chi connectivity index (χ0) is 12.3. The first-order valence-electron chi connectivity index (χ1n) is 4.91. The minimum Gasteiger partial charge on any atom is -0.307 e. The van der Waals surface area contributed by atoms with Gasteiger partial charge in [-0.25, -0.2) is 0 Å². The molecule has 1 aromatic heterocycles. The van der Waals surface area contributed by atoms with Crippen LogP contribution in [0.1, 0.15) is 25.5 Å². The molecule has 0 saturated carbocycles. The largest absolute Gasteiger partial charge is 0.307 e. The van der Waals surface area contributed by atoms with Gasteiger partial charge in [-0.3, -0.25) is 4.21 Å². The molecule has 3 unspecified atom stereocenters. The summed E-state index contributed by atoms with van der Waals surface area (Å²) in [6.07, 6.45) is 1.71. The van der Waals surface area contributed by atoms with E-state index in [2.05, 4.69) is 5.32 Å². The van der Waals surface area contributed by atoms with Crippen LogP contribution in [0.3, 0.4) is 0 Å². The van der Waals surface area contributed by atoms with Crippen LogP contribution in [0.25, 0.3) is 0 Å². The third-order valence-corrected chi connectivity index (χ3v) is 4.66. The minimum atomic E-state index is -0.788. The van der Waals surface area contributed by atoms with Crippen molar-refractivity contribution in [3.8, 4) is 0 Å². The van der Waals surface area contributed by atoms with Gasteiger partial charge in [-0.05, 0) is 25.5 Å². The van der Waals surface area contributed by atoms with Gasteiger partial charge >= 0.3 is 0 Å². The molecular weight excluding hydrogens is 285 g/mol. The van der Waals surface area contributed by atoms with Crippen LogP contribution in [-0.4, -0.2) is 22.3 Å². The van der Waals surface area contributed by atoms with Crippen LogP contribution in [0, 0.1) is 0 Å². The molecule has 0 spiro atoms. The first-order chi connectivity index (χ1) is 7.40. The lowest BCUT2D eigenvalue weighted by atomic mass is 10.1. The molecule has 92 valence electrons. The van der Waals surface area contributed by atoms with Gasteiger partial charge in [-0.1, -0.05) is 23.2 Å². The molecule has 0 amide bonds. The molecule has 0 aromatic carbocycles. The summed E-state index contributed by atoms with van der Waals surface area (Å²) in [6, 6.07) is 2.19. The number of thiophene rings is 1. The Morgan fingerprint density at radius 2 is 2.12 bits per heavy atom. The van der Waals surface area contributed by atoms with Crippen molar-refractivity contribution in [2.75, 3.05) is 12.0 Å². The number of halogens is 2. The standard InChI is InChI=1S/C10H15Cl2NOS2/c1-6(5-16(3)14)13-7(2)8-4-9(11)15-10(8)12/h4,6-7,13H,5H2,1-3H3. The zero-order valence-electron chi connectivity index (χ0n) is 9.42. The number of rotatable bonds is 5. The Morgan fingerprint density at radius 1 is 1.50 bits per heavy atom. The maximum Gasteiger partial charge on any atom is 0.0991 e. The fraction of sp³-hybridized carbons (Fsp3) is 0.600. The maximum absolute atomic E-state index is 11.1. The molecule has 0 radical (unpaired) electrons. The lowest BCUT2D eigenvalue weighted by Crippen LogP contribution is -2.33. The average Bonchev–Trinajstić information content (AvgIpc) is 2.43. The number of hydrogen-bond donors (Lipinski definition) is 1. The van der Waals surface area contributed by atoms with Gasteiger partial charge in [-0.2, -0.15) is 0 Å². The lowest BCUT2D eigenvalue weighted by molar-refractivity contribution is 0.509. The summed E-state index contributed by atoms with van der Waals surface area (Å²) in [6.45, 7) is 4.04. The molecule has 1 aromatic rings. The fourth-order valence-corrected chi connectivity index (χ4v) is 4.01. The van der Waals surface area contributed by atoms with Gasteiger partial charge in [0.2, 0.25) is 0 Å². The Bertz CT molecular complexity index is 381. The van der Waals surface area contributed by atoms with Crippen LogP contribution in [0.2, 0.25) is 8.67 Å². The van der Waals surface area contributed by atoms with Crippen LogP contribution in [-0.2, 0) is 10.8 Å². The summed E-state index contributed by atoms with van der Waals surface area (Å²) in [5.74, 6) is 0.639. The fourth-order valence-electron chi connectivity index (χ4n) is 1.56. The van der Waals surface area contributed by atoms with Crippen LogP contribution in [0.4, 0.5) is 0 Å². The first-order valence-corrected chi connectivity index (χ1v) is 8.21. The van der Waals surface area contributed by atoms with Gasteiger partial charge in [0.05, 0.1) is 8.67 Å². The quantitative estimate of drug-likeness (QED) is 0.902. The molecule has 1 heterocycles. The summed E-state index contributed by atoms with van der Waals surface area (Å²) in [4.78, 5) is 0. The first kappa shape index (κ1) is 14.5. The second kappa shape index (κ2) is 6.36. The van der Waals surface area contributed by atoms with Gasteiger partial charge in [0.15, 0.2) is 0 Å². The monoisotopic (exact) mass is 299 g/mol. The molecule has 6 heteroatoms. The number of hydrogen-bond acceptors (Lipinski definition) is 3. The third-order valence-electron chi connectivity index (χ3n) is 2.17. The highest BCUT2D eigenvalue weighted by atomic mass is 35.5. The molecule has 0 fully saturated rings. The molecule has 3 atom stereocenters. The van der Waals surface area contributed by atoms with E-state index in [0.29, 0.717) is 10.1 Å². The van der Waals surface area contributed by atoms with Crippen LogP contribution >= 0.6 is 34.5 Å². The highest BCUT2D eigenvalue weighted by Gasteiger charge is 2.15. The zero-order valence-corrected chi connectivity index (χ0v) is 12.6. The van der Waals surface area contributed by atoms with Crippen molar-refractivity contribution in [3.05, 3.63) is 20.3 Å². The summed E-state index contributed by atoms with van der Waals surface area (Å²) in [5, 5.41) is 3.35. The molecule has 0 aliphatic carbocycles. The Hall–Kier alpha value is 0.390. The molecule has 0 bridgehead atoms. The van der Waals surface area contributed by atoms with Gasteiger partial charge < -0.3 is 5.32 Å². The van der Waals surface area contributed by atoms with E-state index in [0.717, 1.165) is 9.90 Å². The second-order valence-corrected chi connectivity index (χ2v) is 7.57. The van der Waals surface area contributed by atoms with Gasteiger partial charge in [0.1, 0.15) is 0 Å². The van der Waals surface area contributed by atoms with Crippen molar-refractivity contribution in [2.45, 2.75) is 25.9 Å². The van der Waals surface area contributed by atoms with Crippen LogP contribution in [0.5, 0.6) is 0 Å². The van der Waals surface area contributed by atoms with Gasteiger partial charge in [0, 0.05) is 34.9 Å². The Morgan fingerprint density at radius 3 is 2.56 bits per heavy atom. The molecule has 0 aliphatic heterocycles. The SMILES string of the molecule is CC(CS(C)=O)NC(C)c1cc(Cl)sc1Cl. The lowest BCUT2D eigenvalue weighted by Gasteiger charge is -2.18. The van der Waals surface area contributed by atoms with Crippen molar-refractivity contribution in [1.29, 1.82) is 0 Å². The normalized spacial score (nSPS) is 17.1. The smallest absolute Gasteiger partial charge is 0.0991 e. The van der Waals surface area contributed by atoms with E-state index < -0.39 is 10.8 Å².